The Morgan fingerprint density at radius 2 is 1.76 bits per heavy atom. The molecule has 1 aliphatic heterocycles. The van der Waals surface area contributed by atoms with Gasteiger partial charge in [-0.05, 0) is 36.7 Å². The molecule has 0 radical (unpaired) electrons. The van der Waals surface area contributed by atoms with E-state index in [1.54, 1.807) is 36.0 Å². The van der Waals surface area contributed by atoms with Crippen molar-refractivity contribution in [2.75, 3.05) is 62.4 Å². The quantitative estimate of drug-likeness (QED) is 0.472. The Bertz CT molecular complexity index is 1330. The second kappa shape index (κ2) is 9.32. The fraction of sp³-hybridized carbons (Fsp3) is 0.292. The van der Waals surface area contributed by atoms with Crippen LogP contribution in [0.1, 0.15) is 10.4 Å². The van der Waals surface area contributed by atoms with Gasteiger partial charge in [-0.15, -0.1) is 0 Å². The van der Waals surface area contributed by atoms with Crippen molar-refractivity contribution in [3.63, 3.8) is 0 Å². The number of carbonyl (C=O) groups excluding carboxylic acids is 1. The van der Waals surface area contributed by atoms with E-state index < -0.39 is 0 Å². The van der Waals surface area contributed by atoms with E-state index in [4.69, 9.17) is 0 Å². The Hall–Kier alpha value is -3.63. The summed E-state index contributed by atoms with van der Waals surface area (Å²) in [6.07, 6.45) is 7.04. The van der Waals surface area contributed by atoms with Crippen LogP contribution in [0.3, 0.4) is 0 Å². The van der Waals surface area contributed by atoms with Gasteiger partial charge in [-0.3, -0.25) is 9.78 Å². The summed E-state index contributed by atoms with van der Waals surface area (Å²) in [4.78, 5) is 38.3. The number of amides is 1. The van der Waals surface area contributed by atoms with Crippen molar-refractivity contribution in [2.24, 2.45) is 0 Å². The van der Waals surface area contributed by atoms with Gasteiger partial charge in [0.15, 0.2) is 5.13 Å². The molecule has 1 saturated heterocycles. The van der Waals surface area contributed by atoms with E-state index in [9.17, 15) is 4.79 Å². The van der Waals surface area contributed by atoms with Crippen molar-refractivity contribution in [3.05, 3.63) is 54.6 Å². The number of anilines is 3. The largest absolute Gasteiger partial charge is 0.354 e. The van der Waals surface area contributed by atoms with Gasteiger partial charge in [-0.1, -0.05) is 11.3 Å². The number of nitrogens with zero attached hydrogens (tertiary/aromatic N) is 7. The van der Waals surface area contributed by atoms with Crippen LogP contribution in [0, 0.1) is 0 Å². The Kier molecular flexibility index (Phi) is 6.08. The van der Waals surface area contributed by atoms with Crippen molar-refractivity contribution in [1.82, 2.24) is 24.8 Å². The molecule has 5 rings (SSSR count). The molecular weight excluding hydrogens is 448 g/mol. The number of pyridine rings is 3. The van der Waals surface area contributed by atoms with Crippen LogP contribution >= 0.6 is 11.3 Å². The molecule has 1 aliphatic rings. The summed E-state index contributed by atoms with van der Waals surface area (Å²) in [5.74, 6) is 1.10. The molecule has 0 bridgehead atoms. The standard InChI is InChI=1S/C24H26N8OS/c1-30(2)24-28-15-20(34-24)19-10-17-11-21(27-14-18(17)13-26-19)29-23(33)16-4-5-25-22(12-16)32-8-6-31(3)7-9-32/h4-5,10-15H,6-9H2,1-3H3,(H,27,29,33). The predicted octanol–water partition coefficient (Wildman–Crippen LogP) is 3.22. The number of rotatable bonds is 5. The minimum Gasteiger partial charge on any atom is -0.354 e. The summed E-state index contributed by atoms with van der Waals surface area (Å²) in [6, 6.07) is 7.44. The van der Waals surface area contributed by atoms with Crippen LogP contribution in [0.4, 0.5) is 16.8 Å². The topological polar surface area (TPSA) is 90.4 Å². The van der Waals surface area contributed by atoms with E-state index in [1.165, 1.54) is 0 Å². The van der Waals surface area contributed by atoms with Gasteiger partial charge in [-0.25, -0.2) is 15.0 Å². The first kappa shape index (κ1) is 22.2. The molecule has 1 N–H and O–H groups in total. The molecule has 0 aliphatic carbocycles. The third-order valence-electron chi connectivity index (χ3n) is 5.81. The van der Waals surface area contributed by atoms with E-state index in [1.807, 2.05) is 43.4 Å². The van der Waals surface area contributed by atoms with Gasteiger partial charge in [0.25, 0.3) is 5.91 Å². The van der Waals surface area contributed by atoms with Crippen molar-refractivity contribution < 1.29 is 4.79 Å². The molecule has 0 atom stereocenters. The summed E-state index contributed by atoms with van der Waals surface area (Å²) in [6.45, 7) is 3.75. The maximum atomic E-state index is 13.0. The third kappa shape index (κ3) is 4.68. The van der Waals surface area contributed by atoms with Crippen LogP contribution in [0.5, 0.6) is 0 Å². The first-order valence-electron chi connectivity index (χ1n) is 11.1. The van der Waals surface area contributed by atoms with Crippen LogP contribution < -0.4 is 15.1 Å². The van der Waals surface area contributed by atoms with Gasteiger partial charge in [0, 0.05) is 76.0 Å². The second-order valence-electron chi connectivity index (χ2n) is 8.53. The number of thiazole rings is 1. The number of fused-ring (bicyclic) bond motifs is 1. The summed E-state index contributed by atoms with van der Waals surface area (Å²) in [7, 11) is 6.05. The Balaban J connectivity index is 1.35. The lowest BCUT2D eigenvalue weighted by atomic mass is 10.2. The number of hydrogen-bond acceptors (Lipinski definition) is 9. The van der Waals surface area contributed by atoms with Gasteiger partial charge in [0.1, 0.15) is 11.6 Å². The van der Waals surface area contributed by atoms with Gasteiger partial charge >= 0.3 is 0 Å². The minimum atomic E-state index is -0.211. The maximum Gasteiger partial charge on any atom is 0.257 e. The first-order valence-corrected chi connectivity index (χ1v) is 11.9. The molecule has 9 nitrogen and oxygen atoms in total. The zero-order valence-electron chi connectivity index (χ0n) is 19.4. The molecule has 1 fully saturated rings. The molecule has 4 aromatic rings. The maximum absolute atomic E-state index is 13.0. The number of aromatic nitrogens is 4. The summed E-state index contributed by atoms with van der Waals surface area (Å²) in [5.41, 5.74) is 1.40. The fourth-order valence-corrected chi connectivity index (χ4v) is 4.59. The van der Waals surface area contributed by atoms with E-state index in [0.717, 1.165) is 58.5 Å². The molecule has 0 spiro atoms. The van der Waals surface area contributed by atoms with Gasteiger partial charge in [-0.2, -0.15) is 0 Å². The smallest absolute Gasteiger partial charge is 0.257 e. The number of hydrogen-bond donors (Lipinski definition) is 1. The summed E-state index contributed by atoms with van der Waals surface area (Å²) >= 11 is 1.58. The van der Waals surface area contributed by atoms with Crippen molar-refractivity contribution in [2.45, 2.75) is 0 Å². The van der Waals surface area contributed by atoms with E-state index in [-0.39, 0.29) is 5.91 Å². The number of piperazine rings is 1. The number of carbonyl (C=O) groups is 1. The molecule has 1 amide bonds. The van der Waals surface area contributed by atoms with Crippen molar-refractivity contribution >= 4 is 44.8 Å². The molecule has 4 aromatic heterocycles. The SMILES string of the molecule is CN1CCN(c2cc(C(=O)Nc3cc4cc(-c5cnc(N(C)C)s5)ncc4cn3)ccn2)CC1. The number of nitrogens with one attached hydrogen (secondary N) is 1. The van der Waals surface area contributed by atoms with Crippen molar-refractivity contribution in [3.8, 4) is 10.6 Å². The highest BCUT2D eigenvalue weighted by Crippen LogP contribution is 2.30. The minimum absolute atomic E-state index is 0.211. The van der Waals surface area contributed by atoms with Crippen LogP contribution in [0.15, 0.2) is 49.1 Å². The molecule has 34 heavy (non-hydrogen) atoms. The summed E-state index contributed by atoms with van der Waals surface area (Å²) < 4.78 is 0. The van der Waals surface area contributed by atoms with Crippen LogP contribution in [0.25, 0.3) is 21.3 Å². The average molecular weight is 475 g/mol. The Labute approximate surface area is 202 Å². The van der Waals surface area contributed by atoms with Crippen LogP contribution in [-0.2, 0) is 0 Å². The van der Waals surface area contributed by atoms with Crippen molar-refractivity contribution in [1.29, 1.82) is 0 Å². The number of likely N-dealkylation sites (N-methyl/N-ethyl adjacent to an activating group) is 1. The van der Waals surface area contributed by atoms with E-state index in [0.29, 0.717) is 11.4 Å². The molecule has 0 unspecified atom stereocenters. The van der Waals surface area contributed by atoms with E-state index >= 15 is 0 Å². The molecule has 5 heterocycles. The molecular formula is C24H26N8OS. The molecule has 10 heteroatoms. The second-order valence-corrected chi connectivity index (χ2v) is 9.54. The Morgan fingerprint density at radius 3 is 2.53 bits per heavy atom. The Morgan fingerprint density at radius 1 is 0.971 bits per heavy atom. The normalized spacial score (nSPS) is 14.4. The highest BCUT2D eigenvalue weighted by Gasteiger charge is 2.17. The zero-order valence-corrected chi connectivity index (χ0v) is 20.2. The average Bonchev–Trinajstić information content (AvgIpc) is 3.35. The highest BCUT2D eigenvalue weighted by molar-refractivity contribution is 7.18. The van der Waals surface area contributed by atoms with Crippen LogP contribution in [0.2, 0.25) is 0 Å². The van der Waals surface area contributed by atoms with Gasteiger partial charge < -0.3 is 20.0 Å². The van der Waals surface area contributed by atoms with Gasteiger partial charge in [0.2, 0.25) is 0 Å². The lowest BCUT2D eigenvalue weighted by molar-refractivity contribution is 0.102. The molecule has 0 saturated carbocycles. The zero-order chi connectivity index (χ0) is 23.7. The first-order chi connectivity index (χ1) is 16.5. The summed E-state index contributed by atoms with van der Waals surface area (Å²) in [5, 5.41) is 5.70. The predicted molar refractivity (Wildman–Crippen MR) is 137 cm³/mol. The third-order valence-corrected chi connectivity index (χ3v) is 7.00. The molecule has 0 aromatic carbocycles. The monoisotopic (exact) mass is 474 g/mol. The van der Waals surface area contributed by atoms with E-state index in [2.05, 4.69) is 42.1 Å². The van der Waals surface area contributed by atoms with Gasteiger partial charge in [0.05, 0.1) is 10.6 Å². The fourth-order valence-electron chi connectivity index (χ4n) is 3.79. The van der Waals surface area contributed by atoms with Crippen LogP contribution in [-0.4, -0.2) is 78.1 Å². The molecule has 174 valence electrons. The lowest BCUT2D eigenvalue weighted by Crippen LogP contribution is -2.44. The highest BCUT2D eigenvalue weighted by atomic mass is 32.1. The lowest BCUT2D eigenvalue weighted by Gasteiger charge is -2.33.